The number of halogens is 3. The highest BCUT2D eigenvalue weighted by molar-refractivity contribution is 5.48. The van der Waals surface area contributed by atoms with Crippen molar-refractivity contribution in [3.63, 3.8) is 0 Å². The Morgan fingerprint density at radius 2 is 1.76 bits per heavy atom. The molecule has 0 atom stereocenters. The molecule has 6 heteroatoms. The van der Waals surface area contributed by atoms with Crippen LogP contribution in [0.1, 0.15) is 11.1 Å². The highest BCUT2D eigenvalue weighted by Gasteiger charge is 2.31. The Kier molecular flexibility index (Phi) is 4.03. The Balaban J connectivity index is 2.40. The summed E-state index contributed by atoms with van der Waals surface area (Å²) in [6, 6.07) is 10.9. The monoisotopic (exact) mass is 293 g/mol. The minimum atomic E-state index is -4.50. The first kappa shape index (κ1) is 14.7. The SMILES string of the molecule is COc1cccc(Oc2cc(C(F)(F)F)ccc2C#N)c1. The summed E-state index contributed by atoms with van der Waals surface area (Å²) in [7, 11) is 1.46. The number of hydrogen-bond acceptors (Lipinski definition) is 3. The Morgan fingerprint density at radius 1 is 1.05 bits per heavy atom. The van der Waals surface area contributed by atoms with Crippen molar-refractivity contribution >= 4 is 0 Å². The minimum absolute atomic E-state index is 0.0193. The molecular formula is C15H10F3NO2. The molecule has 0 unspecified atom stereocenters. The topological polar surface area (TPSA) is 42.2 Å². The third-order valence-electron chi connectivity index (χ3n) is 2.70. The fourth-order valence-electron chi connectivity index (χ4n) is 1.67. The summed E-state index contributed by atoms with van der Waals surface area (Å²) in [5.41, 5.74) is -0.856. The van der Waals surface area contributed by atoms with Gasteiger partial charge in [-0.15, -0.1) is 0 Å². The lowest BCUT2D eigenvalue weighted by Gasteiger charge is -2.12. The molecule has 0 aromatic heterocycles. The van der Waals surface area contributed by atoms with Gasteiger partial charge in [0.2, 0.25) is 0 Å². The van der Waals surface area contributed by atoms with Gasteiger partial charge in [-0.1, -0.05) is 6.07 Å². The third kappa shape index (κ3) is 3.45. The highest BCUT2D eigenvalue weighted by atomic mass is 19.4. The predicted octanol–water partition coefficient (Wildman–Crippen LogP) is 4.38. The molecule has 0 aliphatic rings. The van der Waals surface area contributed by atoms with Crippen molar-refractivity contribution in [3.8, 4) is 23.3 Å². The average molecular weight is 293 g/mol. The summed E-state index contributed by atoms with van der Waals surface area (Å²) in [5.74, 6) is 0.628. The second-order valence-electron chi connectivity index (χ2n) is 4.10. The van der Waals surface area contributed by atoms with Crippen LogP contribution in [0.2, 0.25) is 0 Å². The van der Waals surface area contributed by atoms with Gasteiger partial charge < -0.3 is 9.47 Å². The maximum absolute atomic E-state index is 12.7. The molecule has 0 amide bonds. The summed E-state index contributed by atoms with van der Waals surface area (Å²) in [6.45, 7) is 0. The van der Waals surface area contributed by atoms with E-state index in [0.717, 1.165) is 18.2 Å². The molecule has 0 spiro atoms. The van der Waals surface area contributed by atoms with E-state index in [1.165, 1.54) is 13.2 Å². The number of nitrogens with zero attached hydrogens (tertiary/aromatic N) is 1. The maximum Gasteiger partial charge on any atom is 0.416 e. The van der Waals surface area contributed by atoms with Crippen LogP contribution < -0.4 is 9.47 Å². The Labute approximate surface area is 119 Å². The molecular weight excluding hydrogens is 283 g/mol. The van der Waals surface area contributed by atoms with Gasteiger partial charge >= 0.3 is 6.18 Å². The van der Waals surface area contributed by atoms with Crippen LogP contribution in [0.4, 0.5) is 13.2 Å². The van der Waals surface area contributed by atoms with Crippen molar-refractivity contribution in [1.82, 2.24) is 0 Å². The van der Waals surface area contributed by atoms with Crippen LogP contribution in [0.3, 0.4) is 0 Å². The summed E-state index contributed by atoms with van der Waals surface area (Å²) >= 11 is 0. The van der Waals surface area contributed by atoms with E-state index in [-0.39, 0.29) is 17.1 Å². The van der Waals surface area contributed by atoms with Crippen LogP contribution in [0.15, 0.2) is 42.5 Å². The number of nitriles is 1. The van der Waals surface area contributed by atoms with Crippen molar-refractivity contribution in [1.29, 1.82) is 5.26 Å². The number of benzene rings is 2. The molecule has 2 aromatic rings. The van der Waals surface area contributed by atoms with Crippen LogP contribution in [0, 0.1) is 11.3 Å². The van der Waals surface area contributed by atoms with Crippen LogP contribution in [0.5, 0.6) is 17.2 Å². The van der Waals surface area contributed by atoms with Crippen LogP contribution in [-0.2, 0) is 6.18 Å². The van der Waals surface area contributed by atoms with Gasteiger partial charge in [-0.3, -0.25) is 0 Å². The molecule has 0 radical (unpaired) electrons. The fourth-order valence-corrected chi connectivity index (χ4v) is 1.67. The van der Waals surface area contributed by atoms with E-state index in [0.29, 0.717) is 5.75 Å². The summed E-state index contributed by atoms with van der Waals surface area (Å²) in [6.07, 6.45) is -4.50. The molecule has 0 fully saturated rings. The number of alkyl halides is 3. The van der Waals surface area contributed by atoms with E-state index in [4.69, 9.17) is 14.7 Å². The van der Waals surface area contributed by atoms with Crippen molar-refractivity contribution < 1.29 is 22.6 Å². The van der Waals surface area contributed by atoms with Gasteiger partial charge in [0, 0.05) is 6.07 Å². The Bertz CT molecular complexity index is 690. The normalized spacial score (nSPS) is 10.8. The number of rotatable bonds is 3. The van der Waals surface area contributed by atoms with Gasteiger partial charge in [0.25, 0.3) is 0 Å². The molecule has 21 heavy (non-hydrogen) atoms. The van der Waals surface area contributed by atoms with Gasteiger partial charge in [0.1, 0.15) is 23.3 Å². The molecule has 2 rings (SSSR count). The molecule has 108 valence electrons. The zero-order valence-electron chi connectivity index (χ0n) is 10.9. The minimum Gasteiger partial charge on any atom is -0.497 e. The van der Waals surface area contributed by atoms with Gasteiger partial charge in [-0.05, 0) is 30.3 Å². The highest BCUT2D eigenvalue weighted by Crippen LogP contribution is 2.35. The lowest BCUT2D eigenvalue weighted by atomic mass is 10.1. The lowest BCUT2D eigenvalue weighted by molar-refractivity contribution is -0.137. The maximum atomic E-state index is 12.7. The molecule has 0 saturated heterocycles. The first-order chi connectivity index (χ1) is 9.94. The first-order valence-electron chi connectivity index (χ1n) is 5.87. The first-order valence-corrected chi connectivity index (χ1v) is 5.87. The zero-order chi connectivity index (χ0) is 15.5. The van der Waals surface area contributed by atoms with Gasteiger partial charge in [0.15, 0.2) is 0 Å². The molecule has 3 nitrogen and oxygen atoms in total. The standard InChI is InChI=1S/C15H10F3NO2/c1-20-12-3-2-4-13(8-12)21-14-7-11(15(16,17)18)6-5-10(14)9-19/h2-8H,1H3. The van der Waals surface area contributed by atoms with Gasteiger partial charge in [0.05, 0.1) is 18.2 Å². The van der Waals surface area contributed by atoms with Crippen LogP contribution in [-0.4, -0.2) is 7.11 Å². The Morgan fingerprint density at radius 3 is 2.38 bits per heavy atom. The van der Waals surface area contributed by atoms with E-state index in [9.17, 15) is 13.2 Å². The van der Waals surface area contributed by atoms with Gasteiger partial charge in [-0.2, -0.15) is 18.4 Å². The zero-order valence-corrected chi connectivity index (χ0v) is 10.9. The second-order valence-corrected chi connectivity index (χ2v) is 4.10. The predicted molar refractivity (Wildman–Crippen MR) is 69.2 cm³/mol. The molecule has 0 heterocycles. The molecule has 0 aliphatic carbocycles. The summed E-state index contributed by atoms with van der Waals surface area (Å²) < 4.78 is 48.5. The third-order valence-corrected chi connectivity index (χ3v) is 2.70. The summed E-state index contributed by atoms with van der Waals surface area (Å²) in [4.78, 5) is 0. The quantitative estimate of drug-likeness (QED) is 0.843. The molecule has 0 N–H and O–H groups in total. The molecule has 2 aromatic carbocycles. The second kappa shape index (κ2) is 5.75. The smallest absolute Gasteiger partial charge is 0.416 e. The summed E-state index contributed by atoms with van der Waals surface area (Å²) in [5, 5.41) is 8.95. The average Bonchev–Trinajstić information content (AvgIpc) is 2.46. The van der Waals surface area contributed by atoms with E-state index in [1.807, 2.05) is 0 Å². The van der Waals surface area contributed by atoms with Gasteiger partial charge in [-0.25, -0.2) is 0 Å². The largest absolute Gasteiger partial charge is 0.497 e. The molecule has 0 aliphatic heterocycles. The van der Waals surface area contributed by atoms with E-state index < -0.39 is 11.7 Å². The van der Waals surface area contributed by atoms with Crippen LogP contribution in [0.25, 0.3) is 0 Å². The van der Waals surface area contributed by atoms with E-state index >= 15 is 0 Å². The van der Waals surface area contributed by atoms with E-state index in [1.54, 1.807) is 24.3 Å². The number of methoxy groups -OCH3 is 1. The van der Waals surface area contributed by atoms with Crippen molar-refractivity contribution in [2.75, 3.05) is 7.11 Å². The fraction of sp³-hybridized carbons (Fsp3) is 0.133. The van der Waals surface area contributed by atoms with Crippen molar-refractivity contribution in [2.45, 2.75) is 6.18 Å². The van der Waals surface area contributed by atoms with E-state index in [2.05, 4.69) is 0 Å². The Hall–Kier alpha value is -2.68. The number of ether oxygens (including phenoxy) is 2. The molecule has 0 saturated carbocycles. The number of hydrogen-bond donors (Lipinski definition) is 0. The lowest BCUT2D eigenvalue weighted by Crippen LogP contribution is -2.05. The van der Waals surface area contributed by atoms with Crippen LogP contribution >= 0.6 is 0 Å². The molecule has 0 bridgehead atoms. The van der Waals surface area contributed by atoms with Crippen molar-refractivity contribution in [3.05, 3.63) is 53.6 Å². The van der Waals surface area contributed by atoms with Crippen molar-refractivity contribution in [2.24, 2.45) is 0 Å².